The standard InChI is InChI=1S/C11H18N4.C6H8N2/c1-7-5-8(2)15-11(14-7)10-6-9(12)3-4-13-10;1-5-3-6(2)8-4-7-5/h5,9-10,13H,3-4,6,12H2,1-2H3;3-4H,1-2H3. The second-order valence-corrected chi connectivity index (χ2v) is 6.10. The molecular weight excluding hydrogens is 288 g/mol. The van der Waals surface area contributed by atoms with Crippen molar-refractivity contribution in [2.45, 2.75) is 52.6 Å². The topological polar surface area (TPSA) is 89.6 Å². The lowest BCUT2D eigenvalue weighted by molar-refractivity contribution is 0.357. The molecule has 0 aromatic carbocycles. The lowest BCUT2D eigenvalue weighted by Crippen LogP contribution is -2.39. The highest BCUT2D eigenvalue weighted by Crippen LogP contribution is 2.19. The Balaban J connectivity index is 0.000000203. The van der Waals surface area contributed by atoms with Gasteiger partial charge in [0.2, 0.25) is 0 Å². The molecule has 2 unspecified atom stereocenters. The van der Waals surface area contributed by atoms with E-state index >= 15 is 0 Å². The van der Waals surface area contributed by atoms with Gasteiger partial charge in [-0.1, -0.05) is 0 Å². The Bertz CT molecular complexity index is 605. The van der Waals surface area contributed by atoms with Crippen LogP contribution in [0.5, 0.6) is 0 Å². The lowest BCUT2D eigenvalue weighted by Gasteiger charge is -2.27. The maximum Gasteiger partial charge on any atom is 0.145 e. The fourth-order valence-electron chi connectivity index (χ4n) is 2.64. The number of nitrogens with one attached hydrogen (secondary N) is 1. The van der Waals surface area contributed by atoms with Crippen molar-refractivity contribution in [3.8, 4) is 0 Å². The molecule has 2 aromatic heterocycles. The number of hydrogen-bond donors (Lipinski definition) is 2. The smallest absolute Gasteiger partial charge is 0.145 e. The van der Waals surface area contributed by atoms with Crippen LogP contribution in [0.2, 0.25) is 0 Å². The minimum atomic E-state index is 0.229. The van der Waals surface area contributed by atoms with E-state index in [1.807, 2.05) is 39.8 Å². The van der Waals surface area contributed by atoms with E-state index in [2.05, 4.69) is 25.3 Å². The van der Waals surface area contributed by atoms with Crippen LogP contribution < -0.4 is 11.1 Å². The van der Waals surface area contributed by atoms with Crippen LogP contribution in [0.3, 0.4) is 0 Å². The van der Waals surface area contributed by atoms with Gasteiger partial charge in [0.1, 0.15) is 12.2 Å². The predicted molar refractivity (Wildman–Crippen MR) is 91.0 cm³/mol. The van der Waals surface area contributed by atoms with Crippen LogP contribution in [0.15, 0.2) is 18.5 Å². The second kappa shape index (κ2) is 8.08. The Morgan fingerprint density at radius 2 is 1.52 bits per heavy atom. The maximum absolute atomic E-state index is 5.94. The molecule has 0 bridgehead atoms. The first-order valence-corrected chi connectivity index (χ1v) is 8.00. The molecule has 1 saturated heterocycles. The fourth-order valence-corrected chi connectivity index (χ4v) is 2.64. The van der Waals surface area contributed by atoms with Crippen molar-refractivity contribution in [1.29, 1.82) is 0 Å². The van der Waals surface area contributed by atoms with Gasteiger partial charge in [0.05, 0.1) is 6.04 Å². The first-order chi connectivity index (χ1) is 10.9. The molecule has 6 heteroatoms. The predicted octanol–water partition coefficient (Wildman–Crippen LogP) is 1.94. The zero-order chi connectivity index (χ0) is 16.8. The summed E-state index contributed by atoms with van der Waals surface area (Å²) in [4.78, 5) is 16.8. The Morgan fingerprint density at radius 1 is 0.957 bits per heavy atom. The molecule has 2 aromatic rings. The molecule has 1 aliphatic rings. The van der Waals surface area contributed by atoms with Crippen molar-refractivity contribution in [3.05, 3.63) is 47.1 Å². The van der Waals surface area contributed by atoms with Crippen molar-refractivity contribution < 1.29 is 0 Å². The third-order valence-corrected chi connectivity index (χ3v) is 3.70. The number of rotatable bonds is 1. The summed E-state index contributed by atoms with van der Waals surface area (Å²) in [6, 6.07) is 4.44. The summed E-state index contributed by atoms with van der Waals surface area (Å²) in [5.41, 5.74) is 10.0. The number of hydrogen-bond acceptors (Lipinski definition) is 6. The Kier molecular flexibility index (Phi) is 6.12. The van der Waals surface area contributed by atoms with Crippen molar-refractivity contribution >= 4 is 0 Å². The molecular formula is C17H26N6. The van der Waals surface area contributed by atoms with E-state index < -0.39 is 0 Å². The number of piperidine rings is 1. The molecule has 1 aliphatic heterocycles. The zero-order valence-electron chi connectivity index (χ0n) is 14.4. The van der Waals surface area contributed by atoms with E-state index in [1.54, 1.807) is 6.33 Å². The molecule has 124 valence electrons. The summed E-state index contributed by atoms with van der Waals surface area (Å²) in [5, 5.41) is 3.42. The lowest BCUT2D eigenvalue weighted by atomic mass is 9.99. The minimum Gasteiger partial charge on any atom is -0.328 e. The van der Waals surface area contributed by atoms with Gasteiger partial charge in [0.15, 0.2) is 0 Å². The maximum atomic E-state index is 5.94. The normalized spacial score (nSPS) is 20.6. The molecule has 0 radical (unpaired) electrons. The highest BCUT2D eigenvalue weighted by atomic mass is 15.0. The highest BCUT2D eigenvalue weighted by molar-refractivity contribution is 5.11. The van der Waals surface area contributed by atoms with Gasteiger partial charge in [-0.25, -0.2) is 19.9 Å². The second-order valence-electron chi connectivity index (χ2n) is 6.10. The minimum absolute atomic E-state index is 0.229. The monoisotopic (exact) mass is 314 g/mol. The number of aromatic nitrogens is 4. The molecule has 3 heterocycles. The van der Waals surface area contributed by atoms with Gasteiger partial charge >= 0.3 is 0 Å². The summed E-state index contributed by atoms with van der Waals surface area (Å²) < 4.78 is 0. The molecule has 3 rings (SSSR count). The average molecular weight is 314 g/mol. The van der Waals surface area contributed by atoms with Gasteiger partial charge in [0.25, 0.3) is 0 Å². The van der Waals surface area contributed by atoms with Gasteiger partial charge in [-0.2, -0.15) is 0 Å². The van der Waals surface area contributed by atoms with Gasteiger partial charge in [-0.15, -0.1) is 0 Å². The van der Waals surface area contributed by atoms with Crippen molar-refractivity contribution in [2.75, 3.05) is 6.54 Å². The summed E-state index contributed by atoms with van der Waals surface area (Å²) in [7, 11) is 0. The van der Waals surface area contributed by atoms with E-state index in [0.29, 0.717) is 0 Å². The summed E-state index contributed by atoms with van der Waals surface area (Å²) in [6.07, 6.45) is 3.55. The van der Waals surface area contributed by atoms with Crippen LogP contribution in [0, 0.1) is 27.7 Å². The first-order valence-electron chi connectivity index (χ1n) is 8.00. The van der Waals surface area contributed by atoms with Crippen LogP contribution >= 0.6 is 0 Å². The van der Waals surface area contributed by atoms with Gasteiger partial charge in [-0.3, -0.25) is 0 Å². The third kappa shape index (κ3) is 5.65. The Morgan fingerprint density at radius 3 is 2.00 bits per heavy atom. The van der Waals surface area contributed by atoms with Crippen molar-refractivity contribution in [1.82, 2.24) is 25.3 Å². The third-order valence-electron chi connectivity index (χ3n) is 3.70. The molecule has 6 nitrogen and oxygen atoms in total. The molecule has 1 fully saturated rings. The van der Waals surface area contributed by atoms with Gasteiger partial charge in [0, 0.05) is 28.8 Å². The van der Waals surface area contributed by atoms with Crippen LogP contribution in [0.1, 0.15) is 47.5 Å². The number of aryl methyl sites for hydroxylation is 4. The number of nitrogens with zero attached hydrogens (tertiary/aromatic N) is 4. The molecule has 23 heavy (non-hydrogen) atoms. The Hall–Kier alpha value is -1.92. The first kappa shape index (κ1) is 17.4. The molecule has 3 N–H and O–H groups in total. The van der Waals surface area contributed by atoms with Gasteiger partial charge in [-0.05, 0) is 59.2 Å². The molecule has 0 aliphatic carbocycles. The molecule has 0 amide bonds. The zero-order valence-corrected chi connectivity index (χ0v) is 14.4. The molecule has 0 saturated carbocycles. The van der Waals surface area contributed by atoms with Gasteiger partial charge < -0.3 is 11.1 Å². The average Bonchev–Trinajstić information content (AvgIpc) is 2.46. The highest BCUT2D eigenvalue weighted by Gasteiger charge is 2.22. The van der Waals surface area contributed by atoms with E-state index in [0.717, 1.165) is 48.0 Å². The summed E-state index contributed by atoms with van der Waals surface area (Å²) >= 11 is 0. The van der Waals surface area contributed by atoms with Crippen molar-refractivity contribution in [3.63, 3.8) is 0 Å². The largest absolute Gasteiger partial charge is 0.328 e. The molecule has 0 spiro atoms. The van der Waals surface area contributed by atoms with Crippen LogP contribution in [-0.4, -0.2) is 32.5 Å². The quantitative estimate of drug-likeness (QED) is 0.836. The fraction of sp³-hybridized carbons (Fsp3) is 0.529. The SMILES string of the molecule is Cc1cc(C)nc(C2CC(N)CCN2)n1.Cc1cc(C)ncn1. The van der Waals surface area contributed by atoms with E-state index in [9.17, 15) is 0 Å². The molecule has 2 atom stereocenters. The van der Waals surface area contributed by atoms with Crippen LogP contribution in [0.4, 0.5) is 0 Å². The van der Waals surface area contributed by atoms with E-state index in [-0.39, 0.29) is 12.1 Å². The number of nitrogens with two attached hydrogens (primary N) is 1. The summed E-state index contributed by atoms with van der Waals surface area (Å²) in [5.74, 6) is 0.891. The van der Waals surface area contributed by atoms with E-state index in [4.69, 9.17) is 5.73 Å². The summed E-state index contributed by atoms with van der Waals surface area (Å²) in [6.45, 7) is 8.87. The van der Waals surface area contributed by atoms with Crippen LogP contribution in [-0.2, 0) is 0 Å². The van der Waals surface area contributed by atoms with Crippen LogP contribution in [0.25, 0.3) is 0 Å². The van der Waals surface area contributed by atoms with E-state index in [1.165, 1.54) is 0 Å². The van der Waals surface area contributed by atoms with Crippen molar-refractivity contribution in [2.24, 2.45) is 5.73 Å². The Labute approximate surface area is 138 Å².